The minimum absolute atomic E-state index is 0.187. The van der Waals surface area contributed by atoms with Crippen LogP contribution >= 0.6 is 10.7 Å². The minimum atomic E-state index is -5.01. The fraction of sp³-hybridized carbons (Fsp3) is 0.375. The second-order valence-corrected chi connectivity index (χ2v) is 5.59. The molecule has 0 saturated carbocycles. The van der Waals surface area contributed by atoms with Gasteiger partial charge in [-0.2, -0.15) is 0 Å². The fourth-order valence-electron chi connectivity index (χ4n) is 1.15. The van der Waals surface area contributed by atoms with Gasteiger partial charge in [0, 0.05) is 10.7 Å². The van der Waals surface area contributed by atoms with Gasteiger partial charge in [-0.05, 0) is 6.92 Å². The van der Waals surface area contributed by atoms with E-state index in [2.05, 4.69) is 14.5 Å². The third-order valence-corrected chi connectivity index (χ3v) is 3.13. The van der Waals surface area contributed by atoms with Gasteiger partial charge in [0.25, 0.3) is 9.05 Å². The number of aryl methyl sites for hydroxylation is 1. The van der Waals surface area contributed by atoms with Crippen LogP contribution in [0.4, 0.5) is 13.2 Å². The van der Waals surface area contributed by atoms with Crippen LogP contribution in [0.5, 0.6) is 11.5 Å². The average molecular weight is 306 g/mol. The van der Waals surface area contributed by atoms with Gasteiger partial charge in [-0.15, -0.1) is 13.2 Å². The van der Waals surface area contributed by atoms with E-state index in [4.69, 9.17) is 10.7 Å². The summed E-state index contributed by atoms with van der Waals surface area (Å²) in [4.78, 5) is 2.77. The zero-order valence-corrected chi connectivity index (χ0v) is 10.7. The number of hydrogen-bond donors (Lipinski definition) is 0. The summed E-state index contributed by atoms with van der Waals surface area (Å²) >= 11 is 0. The maximum Gasteiger partial charge on any atom is 0.573 e. The first-order valence-electron chi connectivity index (χ1n) is 4.30. The van der Waals surface area contributed by atoms with Crippen LogP contribution in [-0.2, 0) is 9.05 Å². The molecule has 0 N–H and O–H groups in total. The maximum absolute atomic E-state index is 12.2. The van der Waals surface area contributed by atoms with E-state index in [1.807, 2.05) is 0 Å². The number of alkyl halides is 3. The molecule has 102 valence electrons. The van der Waals surface area contributed by atoms with Gasteiger partial charge in [-0.1, -0.05) is 0 Å². The Balaban J connectivity index is 3.50. The number of aromatic nitrogens is 1. The first-order chi connectivity index (χ1) is 8.06. The molecule has 0 aliphatic rings. The Kier molecular flexibility index (Phi) is 3.96. The average Bonchev–Trinajstić information content (AvgIpc) is 2.17. The Bertz CT molecular complexity index is 558. The topological polar surface area (TPSA) is 65.5 Å². The first-order valence-corrected chi connectivity index (χ1v) is 6.61. The molecule has 1 rings (SSSR count). The van der Waals surface area contributed by atoms with E-state index in [0.29, 0.717) is 0 Å². The Hall–Kier alpha value is -1.22. The van der Waals surface area contributed by atoms with E-state index in [1.165, 1.54) is 6.92 Å². The molecular formula is C8H7ClF3NO4S. The van der Waals surface area contributed by atoms with Crippen molar-refractivity contribution in [3.8, 4) is 11.5 Å². The fourth-order valence-corrected chi connectivity index (χ4v) is 2.06. The zero-order chi connectivity index (χ0) is 14.1. The molecule has 0 bridgehead atoms. The molecule has 10 heteroatoms. The molecule has 18 heavy (non-hydrogen) atoms. The van der Waals surface area contributed by atoms with Gasteiger partial charge in [-0.3, -0.25) is 4.98 Å². The van der Waals surface area contributed by atoms with Crippen molar-refractivity contribution < 1.29 is 31.1 Å². The van der Waals surface area contributed by atoms with Gasteiger partial charge < -0.3 is 9.47 Å². The third-order valence-electron chi connectivity index (χ3n) is 1.82. The van der Waals surface area contributed by atoms with Crippen LogP contribution in [-0.4, -0.2) is 26.9 Å². The molecule has 0 unspecified atom stereocenters. The van der Waals surface area contributed by atoms with E-state index >= 15 is 0 Å². The molecule has 0 saturated heterocycles. The second-order valence-electron chi connectivity index (χ2n) is 3.06. The zero-order valence-electron chi connectivity index (χ0n) is 9.08. The standard InChI is InChI=1S/C8H7ClF3NO4S/c1-4-6(17-8(10,11)12)7(16-2)5(3-13-4)18(9,14)15/h3H,1-2H3. The molecular weight excluding hydrogens is 299 g/mol. The van der Waals surface area contributed by atoms with E-state index < -0.39 is 31.8 Å². The highest BCUT2D eigenvalue weighted by atomic mass is 35.7. The molecule has 5 nitrogen and oxygen atoms in total. The smallest absolute Gasteiger partial charge is 0.491 e. The highest BCUT2D eigenvalue weighted by Gasteiger charge is 2.35. The molecule has 0 atom stereocenters. The van der Waals surface area contributed by atoms with E-state index in [0.717, 1.165) is 13.3 Å². The van der Waals surface area contributed by atoms with Gasteiger partial charge in [0.15, 0.2) is 11.5 Å². The maximum atomic E-state index is 12.2. The summed E-state index contributed by atoms with van der Waals surface area (Å²) in [5.74, 6) is -1.48. The van der Waals surface area contributed by atoms with Crippen molar-refractivity contribution in [2.45, 2.75) is 18.2 Å². The molecule has 1 aromatic heterocycles. The van der Waals surface area contributed by atoms with Crippen molar-refractivity contribution in [2.24, 2.45) is 0 Å². The Morgan fingerprint density at radius 1 is 1.33 bits per heavy atom. The molecule has 0 amide bonds. The van der Waals surface area contributed by atoms with Crippen LogP contribution in [0.25, 0.3) is 0 Å². The predicted molar refractivity (Wildman–Crippen MR) is 55.2 cm³/mol. The summed E-state index contributed by atoms with van der Waals surface area (Å²) in [6.07, 6.45) is -4.21. The highest BCUT2D eigenvalue weighted by Crippen LogP contribution is 2.39. The van der Waals surface area contributed by atoms with Crippen LogP contribution in [0.2, 0.25) is 0 Å². The Morgan fingerprint density at radius 2 is 1.89 bits per heavy atom. The van der Waals surface area contributed by atoms with Crippen molar-refractivity contribution in [3.05, 3.63) is 11.9 Å². The number of rotatable bonds is 3. The summed E-state index contributed by atoms with van der Waals surface area (Å²) in [7, 11) is 1.74. The van der Waals surface area contributed by atoms with Crippen molar-refractivity contribution in [2.75, 3.05) is 7.11 Å². The van der Waals surface area contributed by atoms with Gasteiger partial charge in [0.05, 0.1) is 19.0 Å². The Labute approximate surface area is 105 Å². The molecule has 0 radical (unpaired) electrons. The van der Waals surface area contributed by atoms with Gasteiger partial charge in [0.1, 0.15) is 4.90 Å². The summed E-state index contributed by atoms with van der Waals surface area (Å²) < 4.78 is 67.1. The lowest BCUT2D eigenvalue weighted by atomic mass is 10.3. The molecule has 1 heterocycles. The number of nitrogens with zero attached hydrogens (tertiary/aromatic N) is 1. The number of hydrogen-bond acceptors (Lipinski definition) is 5. The van der Waals surface area contributed by atoms with Gasteiger partial charge in [-0.25, -0.2) is 8.42 Å². The largest absolute Gasteiger partial charge is 0.573 e. The van der Waals surface area contributed by atoms with Crippen molar-refractivity contribution >= 4 is 19.7 Å². The van der Waals surface area contributed by atoms with Crippen LogP contribution in [0.15, 0.2) is 11.1 Å². The lowest BCUT2D eigenvalue weighted by molar-refractivity contribution is -0.275. The number of ether oxygens (including phenoxy) is 2. The summed E-state index contributed by atoms with van der Waals surface area (Å²) in [6, 6.07) is 0. The van der Waals surface area contributed by atoms with E-state index in [9.17, 15) is 21.6 Å². The highest BCUT2D eigenvalue weighted by molar-refractivity contribution is 8.13. The monoisotopic (exact) mass is 305 g/mol. The van der Waals surface area contributed by atoms with Crippen molar-refractivity contribution in [1.29, 1.82) is 0 Å². The quantitative estimate of drug-likeness (QED) is 0.801. The molecule has 0 spiro atoms. The lowest BCUT2D eigenvalue weighted by Gasteiger charge is -2.15. The number of pyridine rings is 1. The molecule has 0 aromatic carbocycles. The number of methoxy groups -OCH3 is 1. The van der Waals surface area contributed by atoms with Crippen LogP contribution in [0.3, 0.4) is 0 Å². The van der Waals surface area contributed by atoms with Crippen LogP contribution in [0, 0.1) is 6.92 Å². The SMILES string of the molecule is COc1c(S(=O)(=O)Cl)cnc(C)c1OC(F)(F)F. The lowest BCUT2D eigenvalue weighted by Crippen LogP contribution is -2.19. The predicted octanol–water partition coefficient (Wildman–Crippen LogP) is 2.22. The van der Waals surface area contributed by atoms with E-state index in [1.54, 1.807) is 0 Å². The second kappa shape index (κ2) is 4.81. The van der Waals surface area contributed by atoms with Gasteiger partial charge in [0.2, 0.25) is 0 Å². The first kappa shape index (κ1) is 14.8. The van der Waals surface area contributed by atoms with Crippen molar-refractivity contribution in [1.82, 2.24) is 4.98 Å². The molecule has 1 aromatic rings. The van der Waals surface area contributed by atoms with Gasteiger partial charge >= 0.3 is 6.36 Å². The normalized spacial score (nSPS) is 12.3. The van der Waals surface area contributed by atoms with Crippen LogP contribution < -0.4 is 9.47 Å². The summed E-state index contributed by atoms with van der Waals surface area (Å²) in [6.45, 7) is 1.20. The molecule has 0 aliphatic carbocycles. The van der Waals surface area contributed by atoms with Crippen molar-refractivity contribution in [3.63, 3.8) is 0 Å². The molecule has 0 fully saturated rings. The summed E-state index contributed by atoms with van der Waals surface area (Å²) in [5, 5.41) is 0. The Morgan fingerprint density at radius 3 is 2.28 bits per heavy atom. The van der Waals surface area contributed by atoms with Crippen LogP contribution in [0.1, 0.15) is 5.69 Å². The number of halogens is 4. The third kappa shape index (κ3) is 3.39. The molecule has 0 aliphatic heterocycles. The minimum Gasteiger partial charge on any atom is -0.491 e. The summed E-state index contributed by atoms with van der Waals surface area (Å²) in [5.41, 5.74) is -0.187. The van der Waals surface area contributed by atoms with E-state index in [-0.39, 0.29) is 5.69 Å².